The van der Waals surface area contributed by atoms with E-state index >= 15 is 0 Å². The van der Waals surface area contributed by atoms with Crippen molar-refractivity contribution in [2.75, 3.05) is 30.8 Å². The molecule has 8 nitrogen and oxygen atoms in total. The van der Waals surface area contributed by atoms with Gasteiger partial charge in [0.25, 0.3) is 0 Å². The average molecular weight is 372 g/mol. The fourth-order valence-electron chi connectivity index (χ4n) is 4.19. The van der Waals surface area contributed by atoms with Crippen LogP contribution < -0.4 is 4.90 Å². The van der Waals surface area contributed by atoms with Crippen molar-refractivity contribution in [1.82, 2.24) is 19.3 Å². The number of imidazole rings is 1. The second-order valence-electron chi connectivity index (χ2n) is 6.85. The zero-order valence-electron chi connectivity index (χ0n) is 14.5. The number of hydrogen-bond donors (Lipinski definition) is 1. The van der Waals surface area contributed by atoms with Crippen LogP contribution in [-0.4, -0.2) is 53.6 Å². The van der Waals surface area contributed by atoms with Crippen LogP contribution in [0, 0.1) is 11.3 Å². The summed E-state index contributed by atoms with van der Waals surface area (Å²) in [6.07, 6.45) is 6.49. The summed E-state index contributed by atoms with van der Waals surface area (Å²) in [5.41, 5.74) is 1.85. The predicted octanol–water partition coefficient (Wildman–Crippen LogP) is 0.990. The number of H-pyrrole nitrogens is 1. The summed E-state index contributed by atoms with van der Waals surface area (Å²) in [5.74, 6) is 0.753. The van der Waals surface area contributed by atoms with E-state index in [1.54, 1.807) is 29.0 Å². The molecular formula is C17H20N6O2S. The first-order valence-corrected chi connectivity index (χ1v) is 10.4. The smallest absolute Gasteiger partial charge is 0.212 e. The molecule has 0 bridgehead atoms. The van der Waals surface area contributed by atoms with Gasteiger partial charge in [0.15, 0.2) is 0 Å². The molecule has 2 aliphatic heterocycles. The number of rotatable bonds is 2. The van der Waals surface area contributed by atoms with Crippen LogP contribution >= 0.6 is 0 Å². The van der Waals surface area contributed by atoms with Gasteiger partial charge < -0.3 is 9.88 Å². The van der Waals surface area contributed by atoms with E-state index in [4.69, 9.17) is 5.26 Å². The van der Waals surface area contributed by atoms with Crippen molar-refractivity contribution in [3.8, 4) is 6.07 Å². The van der Waals surface area contributed by atoms with Gasteiger partial charge in [-0.25, -0.2) is 18.4 Å². The number of nitriles is 1. The highest BCUT2D eigenvalue weighted by molar-refractivity contribution is 7.88. The van der Waals surface area contributed by atoms with Crippen LogP contribution in [-0.2, 0) is 22.0 Å². The van der Waals surface area contributed by atoms with Crippen LogP contribution in [0.4, 0.5) is 5.82 Å². The number of nitrogens with zero attached hydrogens (tertiary/aromatic N) is 5. The Morgan fingerprint density at radius 1 is 1.27 bits per heavy atom. The fourth-order valence-corrected chi connectivity index (χ4v) is 5.52. The van der Waals surface area contributed by atoms with E-state index in [0.717, 1.165) is 17.2 Å². The molecular weight excluding hydrogens is 352 g/mol. The molecule has 9 heteroatoms. The summed E-state index contributed by atoms with van der Waals surface area (Å²) >= 11 is 0. The standard InChI is InChI=1S/C17H20N6O2S/c1-26(24,25)23-7-3-14-16(21-12-20-14)17(23)4-8-22(9-5-17)15-10-13(11-18)2-6-19-15/h2,6,10,12H,3-5,7-9H2,1H3,(H,20,21). The molecule has 2 aliphatic rings. The largest absolute Gasteiger partial charge is 0.356 e. The topological polar surface area (TPSA) is 106 Å². The Kier molecular flexibility index (Phi) is 3.97. The fraction of sp³-hybridized carbons (Fsp3) is 0.471. The Morgan fingerprint density at radius 3 is 2.73 bits per heavy atom. The van der Waals surface area contributed by atoms with Gasteiger partial charge >= 0.3 is 0 Å². The zero-order valence-corrected chi connectivity index (χ0v) is 15.3. The third-order valence-corrected chi connectivity index (χ3v) is 6.72. The van der Waals surface area contributed by atoms with Crippen molar-refractivity contribution in [2.24, 2.45) is 0 Å². The van der Waals surface area contributed by atoms with E-state index in [-0.39, 0.29) is 0 Å². The molecule has 1 N–H and O–H groups in total. The lowest BCUT2D eigenvalue weighted by molar-refractivity contribution is 0.128. The Bertz CT molecular complexity index is 969. The van der Waals surface area contributed by atoms with Gasteiger partial charge in [0.1, 0.15) is 5.82 Å². The van der Waals surface area contributed by atoms with Crippen LogP contribution in [0.1, 0.15) is 29.8 Å². The highest BCUT2D eigenvalue weighted by atomic mass is 32.2. The molecule has 2 aromatic heterocycles. The number of nitrogens with one attached hydrogen (secondary N) is 1. The summed E-state index contributed by atoms with van der Waals surface area (Å²) in [6, 6.07) is 5.58. The number of aromatic amines is 1. The molecule has 26 heavy (non-hydrogen) atoms. The van der Waals surface area contributed by atoms with Gasteiger partial charge in [-0.1, -0.05) is 0 Å². The third-order valence-electron chi connectivity index (χ3n) is 5.39. The molecule has 0 radical (unpaired) electrons. The Hall–Kier alpha value is -2.44. The van der Waals surface area contributed by atoms with Gasteiger partial charge in [-0.05, 0) is 25.0 Å². The van der Waals surface area contributed by atoms with Crippen molar-refractivity contribution < 1.29 is 8.42 Å². The van der Waals surface area contributed by atoms with Crippen LogP contribution in [0.3, 0.4) is 0 Å². The molecule has 136 valence electrons. The first kappa shape index (κ1) is 17.0. The average Bonchev–Trinajstić information content (AvgIpc) is 3.12. The van der Waals surface area contributed by atoms with Crippen molar-refractivity contribution >= 4 is 15.8 Å². The molecule has 1 saturated heterocycles. The molecule has 0 saturated carbocycles. The highest BCUT2D eigenvalue weighted by Gasteiger charge is 2.50. The zero-order chi connectivity index (χ0) is 18.4. The molecule has 0 unspecified atom stereocenters. The monoisotopic (exact) mass is 372 g/mol. The van der Waals surface area contributed by atoms with E-state index in [2.05, 4.69) is 25.9 Å². The lowest BCUT2D eigenvalue weighted by Gasteiger charge is -2.49. The molecule has 0 aliphatic carbocycles. The molecule has 0 aromatic carbocycles. The Balaban J connectivity index is 1.66. The maximum absolute atomic E-state index is 12.5. The maximum atomic E-state index is 12.5. The van der Waals surface area contributed by atoms with Crippen LogP contribution in [0.2, 0.25) is 0 Å². The number of aromatic nitrogens is 3. The van der Waals surface area contributed by atoms with E-state index in [9.17, 15) is 8.42 Å². The first-order valence-electron chi connectivity index (χ1n) is 8.56. The quantitative estimate of drug-likeness (QED) is 0.843. The summed E-state index contributed by atoms with van der Waals surface area (Å²) in [7, 11) is -3.35. The van der Waals surface area contributed by atoms with Crippen molar-refractivity contribution in [1.29, 1.82) is 5.26 Å². The lowest BCUT2D eigenvalue weighted by Crippen LogP contribution is -2.58. The van der Waals surface area contributed by atoms with Gasteiger partial charge in [0.05, 0.1) is 35.4 Å². The summed E-state index contributed by atoms with van der Waals surface area (Å²) < 4.78 is 26.5. The molecule has 1 spiro atoms. The van der Waals surface area contributed by atoms with Crippen molar-refractivity contribution in [2.45, 2.75) is 24.8 Å². The third kappa shape index (κ3) is 2.66. The second kappa shape index (κ2) is 6.07. The van der Waals surface area contributed by atoms with Crippen LogP contribution in [0.25, 0.3) is 0 Å². The van der Waals surface area contributed by atoms with Gasteiger partial charge in [0.2, 0.25) is 10.0 Å². The number of fused-ring (bicyclic) bond motifs is 2. The molecule has 0 amide bonds. The minimum atomic E-state index is -3.35. The number of hydrogen-bond acceptors (Lipinski definition) is 6. The number of pyridine rings is 1. The summed E-state index contributed by atoms with van der Waals surface area (Å²) in [6.45, 7) is 1.77. The van der Waals surface area contributed by atoms with Crippen molar-refractivity contribution in [3.05, 3.63) is 41.6 Å². The first-order chi connectivity index (χ1) is 12.4. The molecule has 4 rings (SSSR count). The van der Waals surface area contributed by atoms with Gasteiger partial charge in [0, 0.05) is 37.9 Å². The minimum absolute atomic E-state index is 0.468. The maximum Gasteiger partial charge on any atom is 0.212 e. The number of sulfonamides is 1. The van der Waals surface area contributed by atoms with E-state index < -0.39 is 15.6 Å². The lowest BCUT2D eigenvalue weighted by atomic mass is 9.80. The van der Waals surface area contributed by atoms with E-state index in [1.165, 1.54) is 6.26 Å². The summed E-state index contributed by atoms with van der Waals surface area (Å²) in [5, 5.41) is 9.09. The number of anilines is 1. The van der Waals surface area contributed by atoms with Crippen LogP contribution in [0.15, 0.2) is 24.7 Å². The van der Waals surface area contributed by atoms with Gasteiger partial charge in [-0.3, -0.25) is 0 Å². The second-order valence-corrected chi connectivity index (χ2v) is 8.75. The Labute approximate surface area is 152 Å². The van der Waals surface area contributed by atoms with Crippen LogP contribution in [0.5, 0.6) is 0 Å². The molecule has 0 atom stereocenters. The van der Waals surface area contributed by atoms with Gasteiger partial charge in [-0.15, -0.1) is 0 Å². The van der Waals surface area contributed by atoms with Crippen molar-refractivity contribution in [3.63, 3.8) is 0 Å². The predicted molar refractivity (Wildman–Crippen MR) is 95.9 cm³/mol. The molecule has 2 aromatic rings. The minimum Gasteiger partial charge on any atom is -0.356 e. The number of piperidine rings is 1. The molecule has 4 heterocycles. The normalized spacial score (nSPS) is 19.9. The molecule has 1 fully saturated rings. The Morgan fingerprint density at radius 2 is 2.04 bits per heavy atom. The SMILES string of the molecule is CS(=O)(=O)N1CCc2[nH]cnc2C12CCN(c1cc(C#N)ccn1)CC2. The summed E-state index contributed by atoms with van der Waals surface area (Å²) in [4.78, 5) is 14.1. The van der Waals surface area contributed by atoms with Gasteiger partial charge in [-0.2, -0.15) is 9.57 Å². The van der Waals surface area contributed by atoms with E-state index in [0.29, 0.717) is 44.5 Å². The van der Waals surface area contributed by atoms with E-state index in [1.807, 2.05) is 0 Å². The highest BCUT2D eigenvalue weighted by Crippen LogP contribution is 2.44.